The summed E-state index contributed by atoms with van der Waals surface area (Å²) < 4.78 is 35.6. The lowest BCUT2D eigenvalue weighted by Gasteiger charge is -2.17. The second kappa shape index (κ2) is 9.31. The quantitative estimate of drug-likeness (QED) is 0.522. The van der Waals surface area contributed by atoms with E-state index in [-0.39, 0.29) is 16.2 Å². The number of methoxy groups -OCH3 is 1. The van der Waals surface area contributed by atoms with Gasteiger partial charge in [0.05, 0.1) is 19.8 Å². The van der Waals surface area contributed by atoms with Crippen molar-refractivity contribution in [1.82, 2.24) is 4.47 Å². The molecule has 0 aromatic heterocycles. The van der Waals surface area contributed by atoms with Crippen molar-refractivity contribution in [3.63, 3.8) is 0 Å². The molecule has 0 fully saturated rings. The maximum absolute atomic E-state index is 12.5. The SMILES string of the molecule is COc1ccc(C(=O)OCC(=O)Nc2ccccc2)cc1S(=O)(=O)N(C)OC. The highest BCUT2D eigenvalue weighted by Gasteiger charge is 2.27. The normalized spacial score (nSPS) is 11.1. The molecule has 10 heteroatoms. The lowest BCUT2D eigenvalue weighted by atomic mass is 10.2. The van der Waals surface area contributed by atoms with E-state index in [2.05, 4.69) is 5.32 Å². The van der Waals surface area contributed by atoms with Gasteiger partial charge in [0.15, 0.2) is 6.61 Å². The maximum atomic E-state index is 12.5. The van der Waals surface area contributed by atoms with Crippen LogP contribution in [0.15, 0.2) is 53.4 Å². The van der Waals surface area contributed by atoms with E-state index in [4.69, 9.17) is 14.3 Å². The Hall–Kier alpha value is -2.95. The minimum Gasteiger partial charge on any atom is -0.495 e. The van der Waals surface area contributed by atoms with Gasteiger partial charge < -0.3 is 14.8 Å². The molecule has 0 saturated carbocycles. The first-order valence-corrected chi connectivity index (χ1v) is 9.46. The highest BCUT2D eigenvalue weighted by atomic mass is 32.2. The summed E-state index contributed by atoms with van der Waals surface area (Å²) in [5, 5.41) is 2.57. The van der Waals surface area contributed by atoms with Gasteiger partial charge in [-0.2, -0.15) is 0 Å². The largest absolute Gasteiger partial charge is 0.495 e. The summed E-state index contributed by atoms with van der Waals surface area (Å²) >= 11 is 0. The summed E-state index contributed by atoms with van der Waals surface area (Å²) in [4.78, 5) is 28.6. The maximum Gasteiger partial charge on any atom is 0.338 e. The molecule has 150 valence electrons. The van der Waals surface area contributed by atoms with Crippen molar-refractivity contribution in [3.05, 3.63) is 54.1 Å². The second-order valence-corrected chi connectivity index (χ2v) is 7.36. The molecule has 1 N–H and O–H groups in total. The van der Waals surface area contributed by atoms with Crippen molar-refractivity contribution < 1.29 is 32.3 Å². The lowest BCUT2D eigenvalue weighted by molar-refractivity contribution is -0.119. The van der Waals surface area contributed by atoms with Gasteiger partial charge in [0.1, 0.15) is 10.6 Å². The van der Waals surface area contributed by atoms with E-state index in [9.17, 15) is 18.0 Å². The van der Waals surface area contributed by atoms with E-state index in [1.807, 2.05) is 0 Å². The van der Waals surface area contributed by atoms with Gasteiger partial charge in [0.25, 0.3) is 15.9 Å². The number of esters is 1. The lowest BCUT2D eigenvalue weighted by Crippen LogP contribution is -2.26. The van der Waals surface area contributed by atoms with Gasteiger partial charge in [0.2, 0.25) is 0 Å². The fraction of sp³-hybridized carbons (Fsp3) is 0.222. The number of sulfonamides is 1. The van der Waals surface area contributed by atoms with Crippen LogP contribution < -0.4 is 10.1 Å². The van der Waals surface area contributed by atoms with Gasteiger partial charge in [-0.1, -0.05) is 22.7 Å². The van der Waals surface area contributed by atoms with Gasteiger partial charge in [-0.25, -0.2) is 13.2 Å². The van der Waals surface area contributed by atoms with Crippen LogP contribution in [0, 0.1) is 0 Å². The van der Waals surface area contributed by atoms with Crippen molar-refractivity contribution in [1.29, 1.82) is 0 Å². The van der Waals surface area contributed by atoms with Crippen LogP contribution in [0.5, 0.6) is 5.75 Å². The molecule has 2 rings (SSSR count). The van der Waals surface area contributed by atoms with Gasteiger partial charge >= 0.3 is 5.97 Å². The van der Waals surface area contributed by atoms with E-state index in [0.717, 1.165) is 6.07 Å². The first-order chi connectivity index (χ1) is 13.3. The summed E-state index contributed by atoms with van der Waals surface area (Å²) in [6, 6.07) is 12.4. The molecular formula is C18H20N2O7S. The third kappa shape index (κ3) is 5.06. The Balaban J connectivity index is 2.13. The smallest absolute Gasteiger partial charge is 0.338 e. The van der Waals surface area contributed by atoms with Crippen LogP contribution >= 0.6 is 0 Å². The topological polar surface area (TPSA) is 111 Å². The van der Waals surface area contributed by atoms with Crippen molar-refractivity contribution in [2.24, 2.45) is 0 Å². The fourth-order valence-electron chi connectivity index (χ4n) is 2.17. The Morgan fingerprint density at radius 2 is 1.75 bits per heavy atom. The molecule has 0 unspecified atom stereocenters. The van der Waals surface area contributed by atoms with Gasteiger partial charge in [0, 0.05) is 12.7 Å². The number of benzene rings is 2. The Morgan fingerprint density at radius 3 is 2.36 bits per heavy atom. The average molecular weight is 408 g/mol. The highest BCUT2D eigenvalue weighted by Crippen LogP contribution is 2.27. The molecule has 0 aliphatic heterocycles. The van der Waals surface area contributed by atoms with Crippen molar-refractivity contribution in [2.45, 2.75) is 4.90 Å². The van der Waals surface area contributed by atoms with Crippen LogP contribution in [-0.4, -0.2) is 52.6 Å². The number of anilines is 1. The van der Waals surface area contributed by atoms with E-state index < -0.39 is 28.5 Å². The van der Waals surface area contributed by atoms with E-state index >= 15 is 0 Å². The molecule has 28 heavy (non-hydrogen) atoms. The van der Waals surface area contributed by atoms with Crippen LogP contribution in [0.1, 0.15) is 10.4 Å². The zero-order chi connectivity index (χ0) is 20.7. The molecule has 2 aromatic rings. The molecule has 0 aliphatic rings. The third-order valence-electron chi connectivity index (χ3n) is 3.66. The van der Waals surface area contributed by atoms with Gasteiger partial charge in [-0.05, 0) is 30.3 Å². The Morgan fingerprint density at radius 1 is 1.07 bits per heavy atom. The van der Waals surface area contributed by atoms with Crippen LogP contribution in [0.4, 0.5) is 5.69 Å². The van der Waals surface area contributed by atoms with Crippen LogP contribution in [-0.2, 0) is 24.4 Å². The number of nitrogens with one attached hydrogen (secondary N) is 1. The summed E-state index contributed by atoms with van der Waals surface area (Å²) in [6.07, 6.45) is 0. The average Bonchev–Trinajstić information content (AvgIpc) is 2.71. The number of hydrogen-bond acceptors (Lipinski definition) is 7. The number of rotatable bonds is 8. The number of carbonyl (C=O) groups excluding carboxylic acids is 2. The number of carbonyl (C=O) groups is 2. The molecule has 0 atom stereocenters. The predicted octanol–water partition coefficient (Wildman–Crippen LogP) is 1.67. The Labute approximate surface area is 162 Å². The third-order valence-corrected chi connectivity index (χ3v) is 5.37. The summed E-state index contributed by atoms with van der Waals surface area (Å²) in [5.74, 6) is -1.36. The van der Waals surface area contributed by atoms with Crippen LogP contribution in [0.2, 0.25) is 0 Å². The summed E-state index contributed by atoms with van der Waals surface area (Å²) in [7, 11) is -0.372. The predicted molar refractivity (Wildman–Crippen MR) is 100 cm³/mol. The van der Waals surface area contributed by atoms with Crippen LogP contribution in [0.3, 0.4) is 0 Å². The van der Waals surface area contributed by atoms with Gasteiger partial charge in [-0.15, -0.1) is 0 Å². The molecule has 1 amide bonds. The Bertz CT molecular complexity index is 946. The standard InChI is InChI=1S/C18H20N2O7S/c1-20(26-3)28(23,24)16-11-13(9-10-15(16)25-2)18(22)27-12-17(21)19-14-7-5-4-6-8-14/h4-11H,12H2,1-3H3,(H,19,21). The number of para-hydroxylation sites is 1. The fourth-order valence-corrected chi connectivity index (χ4v) is 3.33. The molecule has 0 saturated heterocycles. The Kier molecular flexibility index (Phi) is 7.10. The van der Waals surface area contributed by atoms with E-state index in [0.29, 0.717) is 10.2 Å². The monoisotopic (exact) mass is 408 g/mol. The number of hydroxylamine groups is 1. The van der Waals surface area contributed by atoms with E-state index in [1.54, 1.807) is 30.3 Å². The van der Waals surface area contributed by atoms with E-state index in [1.165, 1.54) is 33.4 Å². The first-order valence-electron chi connectivity index (χ1n) is 8.02. The van der Waals surface area contributed by atoms with Crippen molar-refractivity contribution in [3.8, 4) is 5.75 Å². The highest BCUT2D eigenvalue weighted by molar-refractivity contribution is 7.89. The molecule has 0 radical (unpaired) electrons. The first kappa shape index (κ1) is 21.4. The number of amides is 1. The molecule has 0 bridgehead atoms. The number of nitrogens with zero attached hydrogens (tertiary/aromatic N) is 1. The molecule has 9 nitrogen and oxygen atoms in total. The molecule has 2 aromatic carbocycles. The minimum absolute atomic E-state index is 0.0299. The molecule has 0 heterocycles. The van der Waals surface area contributed by atoms with Crippen molar-refractivity contribution >= 4 is 27.6 Å². The number of ether oxygens (including phenoxy) is 2. The van der Waals surface area contributed by atoms with Crippen molar-refractivity contribution in [2.75, 3.05) is 33.2 Å². The number of hydrogen-bond donors (Lipinski definition) is 1. The molecular weight excluding hydrogens is 388 g/mol. The summed E-state index contributed by atoms with van der Waals surface area (Å²) in [6.45, 7) is -0.528. The van der Waals surface area contributed by atoms with Gasteiger partial charge in [-0.3, -0.25) is 9.63 Å². The second-order valence-electron chi connectivity index (χ2n) is 5.45. The molecule has 0 spiro atoms. The van der Waals surface area contributed by atoms with Crippen LogP contribution in [0.25, 0.3) is 0 Å². The summed E-state index contributed by atoms with van der Waals surface area (Å²) in [5.41, 5.74) is 0.500. The molecule has 0 aliphatic carbocycles. The minimum atomic E-state index is -4.06. The zero-order valence-electron chi connectivity index (χ0n) is 15.5. The zero-order valence-corrected chi connectivity index (χ0v) is 16.4.